The minimum absolute atomic E-state index is 0.238. The maximum Gasteiger partial charge on any atom is 0.226 e. The van der Waals surface area contributed by atoms with E-state index in [1.54, 1.807) is 6.92 Å². The van der Waals surface area contributed by atoms with Gasteiger partial charge in [-0.1, -0.05) is 11.2 Å². The Morgan fingerprint density at radius 1 is 1.31 bits per heavy atom. The van der Waals surface area contributed by atoms with Crippen LogP contribution in [0.25, 0.3) is 0 Å². The van der Waals surface area contributed by atoms with Gasteiger partial charge in [-0.2, -0.15) is 0 Å². The largest absolute Gasteiger partial charge is 0.359 e. The molecule has 1 atom stereocenters. The molecule has 3 rings (SSSR count). The average molecular weight is 363 g/mol. The molecule has 8 heteroatoms. The summed E-state index contributed by atoms with van der Waals surface area (Å²) < 4.78 is 33.4. The fourth-order valence-electron chi connectivity index (χ4n) is 2.85. The molecule has 0 aliphatic heterocycles. The number of nitrogens with one attached hydrogen (secondary N) is 2. The third kappa shape index (κ3) is 3.89. The fourth-order valence-corrected chi connectivity index (χ4v) is 2.85. The number of anilines is 1. The maximum absolute atomic E-state index is 14.1. The maximum atomic E-state index is 14.1. The van der Waals surface area contributed by atoms with Gasteiger partial charge in [-0.3, -0.25) is 9.59 Å². The highest BCUT2D eigenvalue weighted by atomic mass is 19.1. The highest BCUT2D eigenvalue weighted by Crippen LogP contribution is 2.44. The Hall–Kier alpha value is -2.77. The lowest BCUT2D eigenvalue weighted by Crippen LogP contribution is -2.31. The third-order valence-corrected chi connectivity index (χ3v) is 4.22. The second-order valence-corrected chi connectivity index (χ2v) is 6.42. The molecule has 138 valence electrons. The van der Waals surface area contributed by atoms with Gasteiger partial charge in [-0.05, 0) is 31.9 Å². The molecule has 6 nitrogen and oxygen atoms in total. The minimum Gasteiger partial charge on any atom is -0.359 e. The number of hydrogen-bond acceptors (Lipinski definition) is 4. The standard InChI is InChI=1S/C18H19F2N3O3/c1-9-17(18(26-23-9)11-6-7-11)22-15(25)8-14(21-10(2)24)16-12(19)4-3-5-13(16)20/h3-5,11,14H,6-8H2,1-2H3,(H,21,24)(H,22,25). The summed E-state index contributed by atoms with van der Waals surface area (Å²) in [5.74, 6) is -1.79. The lowest BCUT2D eigenvalue weighted by molar-refractivity contribution is -0.120. The molecule has 1 aromatic carbocycles. The number of aryl methyl sites for hydroxylation is 1. The molecule has 0 bridgehead atoms. The summed E-state index contributed by atoms with van der Waals surface area (Å²) in [6.45, 7) is 2.92. The first-order valence-corrected chi connectivity index (χ1v) is 8.33. The lowest BCUT2D eigenvalue weighted by Gasteiger charge is -2.19. The van der Waals surface area contributed by atoms with Crippen molar-refractivity contribution in [3.05, 3.63) is 46.9 Å². The van der Waals surface area contributed by atoms with E-state index in [0.29, 0.717) is 17.1 Å². The van der Waals surface area contributed by atoms with Crippen LogP contribution in [0.1, 0.15) is 55.2 Å². The Morgan fingerprint density at radius 3 is 2.54 bits per heavy atom. The van der Waals surface area contributed by atoms with Crippen LogP contribution in [0.3, 0.4) is 0 Å². The molecule has 1 unspecified atom stereocenters. The van der Waals surface area contributed by atoms with Crippen molar-refractivity contribution >= 4 is 17.5 Å². The molecule has 1 heterocycles. The van der Waals surface area contributed by atoms with Gasteiger partial charge in [0.15, 0.2) is 5.76 Å². The molecule has 0 spiro atoms. The molecule has 26 heavy (non-hydrogen) atoms. The van der Waals surface area contributed by atoms with Crippen molar-refractivity contribution in [1.82, 2.24) is 10.5 Å². The SMILES string of the molecule is CC(=O)NC(CC(=O)Nc1c(C)noc1C1CC1)c1c(F)cccc1F. The molecular weight excluding hydrogens is 344 g/mol. The van der Waals surface area contributed by atoms with E-state index in [9.17, 15) is 18.4 Å². The van der Waals surface area contributed by atoms with E-state index < -0.39 is 29.5 Å². The van der Waals surface area contributed by atoms with Crippen molar-refractivity contribution < 1.29 is 22.9 Å². The molecule has 1 aliphatic rings. The monoisotopic (exact) mass is 363 g/mol. The highest BCUT2D eigenvalue weighted by molar-refractivity contribution is 5.92. The van der Waals surface area contributed by atoms with Crippen molar-refractivity contribution in [2.45, 2.75) is 45.1 Å². The van der Waals surface area contributed by atoms with Crippen LogP contribution in [-0.4, -0.2) is 17.0 Å². The first-order valence-electron chi connectivity index (χ1n) is 8.33. The van der Waals surface area contributed by atoms with Crippen LogP contribution in [0, 0.1) is 18.6 Å². The first-order chi connectivity index (χ1) is 12.4. The number of rotatable bonds is 6. The smallest absolute Gasteiger partial charge is 0.226 e. The van der Waals surface area contributed by atoms with Gasteiger partial charge in [-0.15, -0.1) is 0 Å². The molecule has 1 saturated carbocycles. The highest BCUT2D eigenvalue weighted by Gasteiger charge is 2.33. The van der Waals surface area contributed by atoms with Gasteiger partial charge in [0.1, 0.15) is 23.0 Å². The van der Waals surface area contributed by atoms with E-state index in [0.717, 1.165) is 25.0 Å². The summed E-state index contributed by atoms with van der Waals surface area (Å²) in [6, 6.07) is 2.26. The molecule has 0 saturated heterocycles. The van der Waals surface area contributed by atoms with Crippen LogP contribution in [-0.2, 0) is 9.59 Å². The van der Waals surface area contributed by atoms with Gasteiger partial charge in [0.2, 0.25) is 11.8 Å². The van der Waals surface area contributed by atoms with Gasteiger partial charge in [-0.25, -0.2) is 8.78 Å². The van der Waals surface area contributed by atoms with Crippen molar-refractivity contribution in [3.63, 3.8) is 0 Å². The summed E-state index contributed by atoms with van der Waals surface area (Å²) in [5, 5.41) is 9.00. The van der Waals surface area contributed by atoms with Gasteiger partial charge < -0.3 is 15.2 Å². The van der Waals surface area contributed by atoms with Crippen LogP contribution >= 0.6 is 0 Å². The van der Waals surface area contributed by atoms with E-state index in [4.69, 9.17) is 4.52 Å². The Labute approximate surface area is 148 Å². The number of carbonyl (C=O) groups excluding carboxylic acids is 2. The van der Waals surface area contributed by atoms with Crippen molar-refractivity contribution in [1.29, 1.82) is 0 Å². The fraction of sp³-hybridized carbons (Fsp3) is 0.389. The Kier molecular flexibility index (Phi) is 5.01. The molecule has 0 radical (unpaired) electrons. The number of hydrogen-bond donors (Lipinski definition) is 2. The normalized spacial score (nSPS) is 14.8. The number of carbonyl (C=O) groups is 2. The van der Waals surface area contributed by atoms with Gasteiger partial charge in [0.05, 0.1) is 12.5 Å². The van der Waals surface area contributed by atoms with Crippen molar-refractivity contribution in [2.75, 3.05) is 5.32 Å². The van der Waals surface area contributed by atoms with Crippen LogP contribution in [0.15, 0.2) is 22.7 Å². The predicted molar refractivity (Wildman–Crippen MR) is 89.4 cm³/mol. The first kappa shape index (κ1) is 18.0. The van der Waals surface area contributed by atoms with Gasteiger partial charge in [0, 0.05) is 18.4 Å². The van der Waals surface area contributed by atoms with Crippen LogP contribution in [0.4, 0.5) is 14.5 Å². The summed E-state index contributed by atoms with van der Waals surface area (Å²) in [7, 11) is 0. The number of aromatic nitrogens is 1. The van der Waals surface area contributed by atoms with Crippen molar-refractivity contribution in [3.8, 4) is 0 Å². The Balaban J connectivity index is 1.80. The summed E-state index contributed by atoms with van der Waals surface area (Å²) >= 11 is 0. The molecule has 2 N–H and O–H groups in total. The second-order valence-electron chi connectivity index (χ2n) is 6.42. The van der Waals surface area contributed by atoms with E-state index in [-0.39, 0.29) is 17.9 Å². The summed E-state index contributed by atoms with van der Waals surface area (Å²) in [6.07, 6.45) is 1.60. The van der Waals surface area contributed by atoms with Gasteiger partial charge >= 0.3 is 0 Å². The van der Waals surface area contributed by atoms with E-state index >= 15 is 0 Å². The average Bonchev–Trinajstić information content (AvgIpc) is 3.32. The number of nitrogens with zero attached hydrogens (tertiary/aromatic N) is 1. The van der Waals surface area contributed by atoms with Gasteiger partial charge in [0.25, 0.3) is 0 Å². The molecule has 1 fully saturated rings. The summed E-state index contributed by atoms with van der Waals surface area (Å²) in [5.41, 5.74) is 0.684. The lowest BCUT2D eigenvalue weighted by atomic mass is 10.0. The van der Waals surface area contributed by atoms with Crippen LogP contribution < -0.4 is 10.6 Å². The molecule has 2 amide bonds. The van der Waals surface area contributed by atoms with E-state index in [2.05, 4.69) is 15.8 Å². The molecule has 1 aromatic heterocycles. The molecule has 1 aliphatic carbocycles. The zero-order chi connectivity index (χ0) is 18.8. The minimum atomic E-state index is -1.13. The topological polar surface area (TPSA) is 84.2 Å². The quantitative estimate of drug-likeness (QED) is 0.824. The number of halogens is 2. The molecular formula is C18H19F2N3O3. The second kappa shape index (κ2) is 7.23. The number of benzene rings is 1. The summed E-state index contributed by atoms with van der Waals surface area (Å²) in [4.78, 5) is 23.9. The Morgan fingerprint density at radius 2 is 1.96 bits per heavy atom. The Bertz CT molecular complexity index is 826. The zero-order valence-electron chi connectivity index (χ0n) is 14.4. The third-order valence-electron chi connectivity index (χ3n) is 4.22. The zero-order valence-corrected chi connectivity index (χ0v) is 14.4. The molecule has 2 aromatic rings. The van der Waals surface area contributed by atoms with Crippen LogP contribution in [0.5, 0.6) is 0 Å². The predicted octanol–water partition coefficient (Wildman–Crippen LogP) is 3.34. The van der Waals surface area contributed by atoms with Crippen molar-refractivity contribution in [2.24, 2.45) is 0 Å². The number of amides is 2. The van der Waals surface area contributed by atoms with E-state index in [1.807, 2.05) is 0 Å². The van der Waals surface area contributed by atoms with Crippen LogP contribution in [0.2, 0.25) is 0 Å². The van der Waals surface area contributed by atoms with E-state index in [1.165, 1.54) is 13.0 Å².